The van der Waals surface area contributed by atoms with Crippen LogP contribution in [0.5, 0.6) is 0 Å². The lowest BCUT2D eigenvalue weighted by Gasteiger charge is -1.87. The molecule has 0 atom stereocenters. The summed E-state index contributed by atoms with van der Waals surface area (Å²) in [6.07, 6.45) is 4.86. The van der Waals surface area contributed by atoms with E-state index in [1.54, 1.807) is 12.2 Å². The maximum Gasteiger partial charge on any atom is 0.0471 e. The Morgan fingerprint density at radius 2 is 2.00 bits per heavy atom. The summed E-state index contributed by atoms with van der Waals surface area (Å²) in [6, 6.07) is 0. The van der Waals surface area contributed by atoms with Crippen LogP contribution in [-0.4, -0.2) is 0 Å². The van der Waals surface area contributed by atoms with Gasteiger partial charge in [-0.2, -0.15) is 0 Å². The van der Waals surface area contributed by atoms with Crippen LogP contribution in [0.4, 0.5) is 0 Å². The minimum absolute atomic E-state index is 0.554. The summed E-state index contributed by atoms with van der Waals surface area (Å²) in [5, 5.41) is 0. The SMILES string of the molecule is C=C(C)/C=C\C(N)=C/N. The molecular formula is C7H12N2. The molecule has 2 heteroatoms. The Bertz CT molecular complexity index is 154. The highest BCUT2D eigenvalue weighted by molar-refractivity contribution is 5.21. The van der Waals surface area contributed by atoms with E-state index in [0.29, 0.717) is 5.70 Å². The largest absolute Gasteiger partial charge is 0.403 e. The van der Waals surface area contributed by atoms with E-state index in [2.05, 4.69) is 6.58 Å². The molecule has 0 aromatic carbocycles. The minimum Gasteiger partial charge on any atom is -0.403 e. The second kappa shape index (κ2) is 3.78. The van der Waals surface area contributed by atoms with Crippen molar-refractivity contribution in [3.05, 3.63) is 36.2 Å². The van der Waals surface area contributed by atoms with E-state index in [4.69, 9.17) is 11.5 Å². The first-order chi connectivity index (χ1) is 4.16. The highest BCUT2D eigenvalue weighted by atomic mass is 14.6. The second-order valence-corrected chi connectivity index (χ2v) is 1.85. The van der Waals surface area contributed by atoms with Crippen molar-refractivity contribution in [1.82, 2.24) is 0 Å². The Labute approximate surface area is 55.5 Å². The Hall–Kier alpha value is -1.18. The normalized spacial score (nSPS) is 12.3. The molecule has 0 fully saturated rings. The van der Waals surface area contributed by atoms with Crippen molar-refractivity contribution in [1.29, 1.82) is 0 Å². The van der Waals surface area contributed by atoms with E-state index in [1.807, 2.05) is 6.92 Å². The Balaban J connectivity index is 3.86. The number of hydrogen-bond acceptors (Lipinski definition) is 2. The average Bonchev–Trinajstić information content (AvgIpc) is 1.83. The fourth-order valence-electron chi connectivity index (χ4n) is 0.294. The lowest BCUT2D eigenvalue weighted by Crippen LogP contribution is -1.96. The first-order valence-corrected chi connectivity index (χ1v) is 2.67. The van der Waals surface area contributed by atoms with Crippen molar-refractivity contribution in [3.8, 4) is 0 Å². The maximum absolute atomic E-state index is 5.33. The second-order valence-electron chi connectivity index (χ2n) is 1.85. The molecule has 0 aliphatic rings. The van der Waals surface area contributed by atoms with Gasteiger partial charge in [-0.3, -0.25) is 0 Å². The van der Waals surface area contributed by atoms with E-state index >= 15 is 0 Å². The Kier molecular flexibility index (Phi) is 3.28. The van der Waals surface area contributed by atoms with Crippen LogP contribution in [-0.2, 0) is 0 Å². The molecule has 0 spiro atoms. The summed E-state index contributed by atoms with van der Waals surface area (Å²) in [5.41, 5.74) is 11.9. The van der Waals surface area contributed by atoms with Gasteiger partial charge in [0.25, 0.3) is 0 Å². The third-order valence-electron chi connectivity index (χ3n) is 0.753. The first-order valence-electron chi connectivity index (χ1n) is 2.67. The summed E-state index contributed by atoms with van der Waals surface area (Å²) >= 11 is 0. The van der Waals surface area contributed by atoms with E-state index in [0.717, 1.165) is 5.57 Å². The van der Waals surface area contributed by atoms with Crippen LogP contribution in [0.25, 0.3) is 0 Å². The van der Waals surface area contributed by atoms with Gasteiger partial charge in [-0.05, 0) is 13.0 Å². The van der Waals surface area contributed by atoms with Gasteiger partial charge in [0.15, 0.2) is 0 Å². The van der Waals surface area contributed by atoms with Crippen molar-refractivity contribution >= 4 is 0 Å². The summed E-state index contributed by atoms with van der Waals surface area (Å²) in [4.78, 5) is 0. The lowest BCUT2D eigenvalue weighted by atomic mass is 10.3. The van der Waals surface area contributed by atoms with Crippen molar-refractivity contribution < 1.29 is 0 Å². The smallest absolute Gasteiger partial charge is 0.0471 e. The van der Waals surface area contributed by atoms with E-state index in [-0.39, 0.29) is 0 Å². The molecule has 0 saturated carbocycles. The van der Waals surface area contributed by atoms with E-state index in [9.17, 15) is 0 Å². The average molecular weight is 124 g/mol. The fourth-order valence-corrected chi connectivity index (χ4v) is 0.294. The van der Waals surface area contributed by atoms with Gasteiger partial charge < -0.3 is 11.5 Å². The molecule has 0 radical (unpaired) electrons. The van der Waals surface area contributed by atoms with Crippen LogP contribution in [0.15, 0.2) is 36.2 Å². The number of allylic oxidation sites excluding steroid dienone is 3. The van der Waals surface area contributed by atoms with Gasteiger partial charge in [0.05, 0.1) is 0 Å². The van der Waals surface area contributed by atoms with Crippen molar-refractivity contribution in [3.63, 3.8) is 0 Å². The zero-order valence-corrected chi connectivity index (χ0v) is 5.59. The van der Waals surface area contributed by atoms with Crippen LogP contribution < -0.4 is 11.5 Å². The fraction of sp³-hybridized carbons (Fsp3) is 0.143. The lowest BCUT2D eigenvalue weighted by molar-refractivity contribution is 1.36. The summed E-state index contributed by atoms with van der Waals surface area (Å²) in [6.45, 7) is 5.54. The predicted octanol–water partition coefficient (Wildman–Crippen LogP) is 0.878. The van der Waals surface area contributed by atoms with Gasteiger partial charge in [-0.1, -0.05) is 18.2 Å². The minimum atomic E-state index is 0.554. The topological polar surface area (TPSA) is 52.0 Å². The predicted molar refractivity (Wildman–Crippen MR) is 40.4 cm³/mol. The monoisotopic (exact) mass is 124 g/mol. The summed E-state index contributed by atoms with van der Waals surface area (Å²) in [7, 11) is 0. The van der Waals surface area contributed by atoms with E-state index < -0.39 is 0 Å². The first kappa shape index (κ1) is 7.82. The van der Waals surface area contributed by atoms with E-state index in [1.165, 1.54) is 6.20 Å². The zero-order chi connectivity index (χ0) is 7.28. The van der Waals surface area contributed by atoms with Gasteiger partial charge in [-0.15, -0.1) is 0 Å². The van der Waals surface area contributed by atoms with Crippen molar-refractivity contribution in [2.45, 2.75) is 6.92 Å². The molecule has 0 bridgehead atoms. The van der Waals surface area contributed by atoms with Crippen LogP contribution in [0.2, 0.25) is 0 Å². The highest BCUT2D eigenvalue weighted by Crippen LogP contribution is 1.91. The molecule has 0 aromatic rings. The molecule has 9 heavy (non-hydrogen) atoms. The molecule has 0 saturated heterocycles. The number of rotatable bonds is 2. The quantitative estimate of drug-likeness (QED) is 0.537. The molecule has 0 unspecified atom stereocenters. The van der Waals surface area contributed by atoms with Crippen molar-refractivity contribution in [2.24, 2.45) is 11.5 Å². The van der Waals surface area contributed by atoms with Gasteiger partial charge in [0.1, 0.15) is 0 Å². The third-order valence-corrected chi connectivity index (χ3v) is 0.753. The van der Waals surface area contributed by atoms with Crippen LogP contribution >= 0.6 is 0 Å². The zero-order valence-electron chi connectivity index (χ0n) is 5.59. The molecule has 4 N–H and O–H groups in total. The van der Waals surface area contributed by atoms with Gasteiger partial charge in [0.2, 0.25) is 0 Å². The summed E-state index contributed by atoms with van der Waals surface area (Å²) < 4.78 is 0. The number of nitrogens with two attached hydrogens (primary N) is 2. The maximum atomic E-state index is 5.33. The standard InChI is InChI=1S/C7H12N2/c1-6(2)3-4-7(9)5-8/h3-5H,1,8-9H2,2H3/b4-3-,7-5+. The molecule has 0 aliphatic heterocycles. The Morgan fingerprint density at radius 3 is 2.33 bits per heavy atom. The molecule has 0 aromatic heterocycles. The summed E-state index contributed by atoms with van der Waals surface area (Å²) in [5.74, 6) is 0. The molecule has 0 aliphatic carbocycles. The molecule has 0 rings (SSSR count). The van der Waals surface area contributed by atoms with Gasteiger partial charge in [-0.25, -0.2) is 0 Å². The Morgan fingerprint density at radius 1 is 1.44 bits per heavy atom. The van der Waals surface area contributed by atoms with Crippen LogP contribution in [0.3, 0.4) is 0 Å². The number of hydrogen-bond donors (Lipinski definition) is 2. The molecule has 0 heterocycles. The highest BCUT2D eigenvalue weighted by Gasteiger charge is 1.76. The molecule has 2 nitrogen and oxygen atoms in total. The van der Waals surface area contributed by atoms with Crippen molar-refractivity contribution in [2.75, 3.05) is 0 Å². The van der Waals surface area contributed by atoms with Crippen LogP contribution in [0.1, 0.15) is 6.92 Å². The molecule has 0 amide bonds. The van der Waals surface area contributed by atoms with Gasteiger partial charge in [0, 0.05) is 11.9 Å². The van der Waals surface area contributed by atoms with Crippen LogP contribution in [0, 0.1) is 0 Å². The molecular weight excluding hydrogens is 112 g/mol. The van der Waals surface area contributed by atoms with Gasteiger partial charge >= 0.3 is 0 Å². The molecule has 50 valence electrons. The third kappa shape index (κ3) is 4.68.